The van der Waals surface area contributed by atoms with Crippen LogP contribution < -0.4 is 9.47 Å². The molecule has 0 N–H and O–H groups in total. The number of hydrogen-bond donors (Lipinski definition) is 0. The summed E-state index contributed by atoms with van der Waals surface area (Å²) in [6.07, 6.45) is 2.56. The van der Waals surface area contributed by atoms with Gasteiger partial charge in [-0.3, -0.25) is 0 Å². The maximum absolute atomic E-state index is 12.1. The van der Waals surface area contributed by atoms with Crippen LogP contribution in [0.15, 0.2) is 67.2 Å². The Morgan fingerprint density at radius 2 is 1.60 bits per heavy atom. The predicted molar refractivity (Wildman–Crippen MR) is 108 cm³/mol. The fourth-order valence-corrected chi connectivity index (χ4v) is 2.52. The van der Waals surface area contributed by atoms with Crippen molar-refractivity contribution < 1.29 is 23.7 Å². The van der Waals surface area contributed by atoms with Crippen LogP contribution >= 0.6 is 0 Å². The minimum atomic E-state index is -0.574. The number of aromatic nitrogens is 2. The third kappa shape index (κ3) is 4.72. The number of hydrogen-bond acceptors (Lipinski definition) is 7. The first-order valence-electron chi connectivity index (χ1n) is 8.71. The smallest absolute Gasteiger partial charge is 0.341 e. The second kappa shape index (κ2) is 9.71. The molecule has 3 rings (SSSR count). The van der Waals surface area contributed by atoms with Gasteiger partial charge in [0.05, 0.1) is 33.1 Å². The number of ether oxygens (including phenoxy) is 4. The molecule has 0 bridgehead atoms. The Hall–Kier alpha value is -4.38. The van der Waals surface area contributed by atoms with Crippen molar-refractivity contribution in [1.82, 2.24) is 9.97 Å². The minimum Gasteiger partial charge on any atom is -0.503 e. The summed E-state index contributed by atoms with van der Waals surface area (Å²) in [5.74, 6) is 0.546. The molecule has 8 nitrogen and oxygen atoms in total. The molecule has 1 aromatic heterocycles. The molecule has 3 aromatic rings. The summed E-state index contributed by atoms with van der Waals surface area (Å²) in [5.41, 5.74) is 1.01. The molecule has 8 heteroatoms. The van der Waals surface area contributed by atoms with Crippen LogP contribution in [0.4, 0.5) is 5.69 Å². The molecular weight excluding hydrogens is 386 g/mol. The normalized spacial score (nSPS) is 10.6. The number of esters is 1. The van der Waals surface area contributed by atoms with Gasteiger partial charge in [-0.1, -0.05) is 36.4 Å². The maximum Gasteiger partial charge on any atom is 0.341 e. The van der Waals surface area contributed by atoms with Gasteiger partial charge >= 0.3 is 5.97 Å². The van der Waals surface area contributed by atoms with Crippen LogP contribution in [0.1, 0.15) is 5.56 Å². The first-order valence-corrected chi connectivity index (χ1v) is 8.71. The van der Waals surface area contributed by atoms with E-state index in [0.717, 1.165) is 0 Å². The number of benzene rings is 2. The van der Waals surface area contributed by atoms with Crippen LogP contribution in [0.2, 0.25) is 0 Å². The summed E-state index contributed by atoms with van der Waals surface area (Å²) in [7, 11) is 2.71. The number of methoxy groups -OCH3 is 2. The van der Waals surface area contributed by atoms with E-state index in [4.69, 9.17) is 25.5 Å². The van der Waals surface area contributed by atoms with E-state index >= 15 is 0 Å². The van der Waals surface area contributed by atoms with Crippen molar-refractivity contribution >= 4 is 17.2 Å². The molecule has 30 heavy (non-hydrogen) atoms. The number of para-hydroxylation sites is 3. The van der Waals surface area contributed by atoms with Crippen LogP contribution in [0.3, 0.4) is 0 Å². The first kappa shape index (κ1) is 20.4. The topological polar surface area (TPSA) is 84.1 Å². The third-order valence-corrected chi connectivity index (χ3v) is 3.85. The lowest BCUT2D eigenvalue weighted by atomic mass is 10.1. The van der Waals surface area contributed by atoms with Gasteiger partial charge in [-0.25, -0.2) is 19.6 Å². The van der Waals surface area contributed by atoms with E-state index in [1.165, 1.54) is 32.9 Å². The highest BCUT2D eigenvalue weighted by atomic mass is 16.5. The van der Waals surface area contributed by atoms with Crippen LogP contribution in [0.5, 0.6) is 23.3 Å². The van der Waals surface area contributed by atoms with E-state index in [1.807, 2.05) is 0 Å². The van der Waals surface area contributed by atoms with E-state index in [9.17, 15) is 4.79 Å². The van der Waals surface area contributed by atoms with E-state index in [0.29, 0.717) is 22.7 Å². The summed E-state index contributed by atoms with van der Waals surface area (Å²) >= 11 is 0. The van der Waals surface area contributed by atoms with Gasteiger partial charge < -0.3 is 18.9 Å². The lowest BCUT2D eigenvalue weighted by Crippen LogP contribution is -2.06. The van der Waals surface area contributed by atoms with Gasteiger partial charge in [-0.05, 0) is 12.1 Å². The average molecular weight is 403 g/mol. The Kier molecular flexibility index (Phi) is 6.59. The molecule has 0 aliphatic heterocycles. The molecule has 150 valence electrons. The Morgan fingerprint density at radius 1 is 0.967 bits per heavy atom. The summed E-state index contributed by atoms with van der Waals surface area (Å²) in [6, 6.07) is 15.2. The van der Waals surface area contributed by atoms with Gasteiger partial charge in [0.2, 0.25) is 17.4 Å². The molecule has 0 atom stereocenters. The Morgan fingerprint density at radius 3 is 2.27 bits per heavy atom. The third-order valence-electron chi connectivity index (χ3n) is 3.85. The van der Waals surface area contributed by atoms with Crippen LogP contribution in [-0.2, 0) is 14.3 Å². The Bertz CT molecular complexity index is 1120. The lowest BCUT2D eigenvalue weighted by Gasteiger charge is -2.12. The van der Waals surface area contributed by atoms with Gasteiger partial charge in [-0.2, -0.15) is 0 Å². The fourth-order valence-electron chi connectivity index (χ4n) is 2.52. The zero-order valence-electron chi connectivity index (χ0n) is 16.2. The molecule has 0 fully saturated rings. The average Bonchev–Trinajstić information content (AvgIpc) is 2.78. The maximum atomic E-state index is 12.1. The SMILES string of the molecule is [C-]#[N+]c1ccccc1Oc1cc(Oc2ccccc2C(=COC)C(=O)OC)ncn1. The van der Waals surface area contributed by atoms with Gasteiger partial charge in [0.25, 0.3) is 0 Å². The molecule has 1 heterocycles. The largest absolute Gasteiger partial charge is 0.503 e. The highest BCUT2D eigenvalue weighted by Gasteiger charge is 2.18. The first-order chi connectivity index (χ1) is 14.7. The molecular formula is C22H17N3O5. The summed E-state index contributed by atoms with van der Waals surface area (Å²) < 4.78 is 21.4. The fraction of sp³-hybridized carbons (Fsp3) is 0.0909. The summed E-state index contributed by atoms with van der Waals surface area (Å²) in [6.45, 7) is 7.22. The number of carbonyl (C=O) groups is 1. The van der Waals surface area contributed by atoms with Crippen LogP contribution in [0.25, 0.3) is 10.4 Å². The Balaban J connectivity index is 1.90. The molecule has 0 aliphatic rings. The molecule has 2 aromatic carbocycles. The van der Waals surface area contributed by atoms with E-state index in [1.54, 1.807) is 48.5 Å². The van der Waals surface area contributed by atoms with E-state index in [-0.39, 0.29) is 17.3 Å². The van der Waals surface area contributed by atoms with Crippen molar-refractivity contribution in [3.8, 4) is 23.3 Å². The van der Waals surface area contributed by atoms with E-state index < -0.39 is 5.97 Å². The second-order valence-corrected chi connectivity index (χ2v) is 5.73. The second-order valence-electron chi connectivity index (χ2n) is 5.73. The predicted octanol–water partition coefficient (Wildman–Crippen LogP) is 4.77. The van der Waals surface area contributed by atoms with E-state index in [2.05, 4.69) is 14.8 Å². The molecule has 0 spiro atoms. The van der Waals surface area contributed by atoms with Gasteiger partial charge in [-0.15, -0.1) is 0 Å². The van der Waals surface area contributed by atoms with Crippen molar-refractivity contribution in [3.63, 3.8) is 0 Å². The molecule has 0 amide bonds. The summed E-state index contributed by atoms with van der Waals surface area (Å²) in [4.78, 5) is 23.7. The highest BCUT2D eigenvalue weighted by Crippen LogP contribution is 2.33. The monoisotopic (exact) mass is 403 g/mol. The quantitative estimate of drug-likeness (QED) is 0.243. The van der Waals surface area contributed by atoms with Crippen molar-refractivity contribution in [2.75, 3.05) is 14.2 Å². The standard InChI is InChI=1S/C22H17N3O5/c1-23-17-9-5-7-11-19(17)30-21-12-20(24-14-25-21)29-18-10-6-4-8-15(18)16(13-27-2)22(26)28-3/h4-14H,2-3H3. The van der Waals surface area contributed by atoms with Crippen molar-refractivity contribution in [2.24, 2.45) is 0 Å². The van der Waals surface area contributed by atoms with Crippen molar-refractivity contribution in [1.29, 1.82) is 0 Å². The molecule has 0 aliphatic carbocycles. The van der Waals surface area contributed by atoms with Crippen LogP contribution in [-0.4, -0.2) is 30.2 Å². The molecule has 0 saturated carbocycles. The van der Waals surface area contributed by atoms with Crippen molar-refractivity contribution in [3.05, 3.63) is 84.2 Å². The molecule has 0 saturated heterocycles. The highest BCUT2D eigenvalue weighted by molar-refractivity contribution is 6.17. The van der Waals surface area contributed by atoms with Gasteiger partial charge in [0, 0.05) is 5.56 Å². The van der Waals surface area contributed by atoms with Crippen molar-refractivity contribution in [2.45, 2.75) is 0 Å². The zero-order chi connectivity index (χ0) is 21.3. The minimum absolute atomic E-state index is 0.187. The van der Waals surface area contributed by atoms with Crippen LogP contribution in [0, 0.1) is 6.57 Å². The molecule has 0 radical (unpaired) electrons. The number of carbonyl (C=O) groups excluding carboxylic acids is 1. The Labute approximate surface area is 173 Å². The number of nitrogens with zero attached hydrogens (tertiary/aromatic N) is 3. The lowest BCUT2D eigenvalue weighted by molar-refractivity contribution is -0.133. The van der Waals surface area contributed by atoms with Gasteiger partial charge in [0.1, 0.15) is 23.4 Å². The van der Waals surface area contributed by atoms with Gasteiger partial charge in [0.15, 0.2) is 0 Å². The molecule has 0 unspecified atom stereocenters. The summed E-state index contributed by atoms with van der Waals surface area (Å²) in [5, 5.41) is 0. The zero-order valence-corrected chi connectivity index (χ0v) is 16.2. The number of rotatable bonds is 7.